The summed E-state index contributed by atoms with van der Waals surface area (Å²) in [5.41, 5.74) is 8.20. The molecule has 0 radical (unpaired) electrons. The first kappa shape index (κ1) is 20.5. The molecule has 0 spiro atoms. The Balaban J connectivity index is 1.92. The summed E-state index contributed by atoms with van der Waals surface area (Å²) in [6, 6.07) is 44.1. The van der Waals surface area contributed by atoms with Gasteiger partial charge in [0, 0.05) is 0 Å². The van der Waals surface area contributed by atoms with E-state index in [4.69, 9.17) is 0 Å². The summed E-state index contributed by atoms with van der Waals surface area (Å²) >= 11 is 2.46. The third-order valence-corrected chi connectivity index (χ3v) is 18.3. The van der Waals surface area contributed by atoms with Crippen molar-refractivity contribution in [2.24, 2.45) is 0 Å². The van der Waals surface area contributed by atoms with Crippen LogP contribution in [0.4, 0.5) is 0 Å². The summed E-state index contributed by atoms with van der Waals surface area (Å²) in [7, 11) is -2.65. The summed E-state index contributed by atoms with van der Waals surface area (Å²) in [5.74, 6) is 2.56. The van der Waals surface area contributed by atoms with Crippen LogP contribution < -0.4 is 20.2 Å². The van der Waals surface area contributed by atoms with Crippen molar-refractivity contribution >= 4 is 29.9 Å². The van der Waals surface area contributed by atoms with Crippen LogP contribution in [0, 0.1) is 0 Å². The first-order valence-electron chi connectivity index (χ1n) is 10.6. The predicted octanol–water partition coefficient (Wildman–Crippen LogP) is 4.16. The molecule has 0 amide bonds. The molecule has 0 atom stereocenters. The molecule has 0 fully saturated rings. The average Bonchev–Trinajstić information content (AvgIpc) is 3.08. The van der Waals surface area contributed by atoms with Crippen molar-refractivity contribution in [2.75, 3.05) is 0 Å². The Bertz CT molecular complexity index is 1150. The molecule has 1 aliphatic heterocycles. The fraction of sp³-hybridized carbons (Fsp3) is 0.0345. The van der Waals surface area contributed by atoms with Gasteiger partial charge in [-0.15, -0.1) is 0 Å². The van der Waals surface area contributed by atoms with Crippen LogP contribution in [0.5, 0.6) is 0 Å². The average molecular weight is 572 g/mol. The van der Waals surface area contributed by atoms with Crippen molar-refractivity contribution < 1.29 is 20.2 Å². The Morgan fingerprint density at radius 2 is 0.677 bits per heavy atom. The molecule has 0 bridgehead atoms. The zero-order valence-corrected chi connectivity index (χ0v) is 21.9. The van der Waals surface area contributed by atoms with E-state index < -0.39 is 9.96 Å². The van der Waals surface area contributed by atoms with E-state index in [9.17, 15) is 0 Å². The third kappa shape index (κ3) is 3.74. The van der Waals surface area contributed by atoms with Crippen LogP contribution in [0.25, 0.3) is 20.0 Å². The molecule has 0 saturated heterocycles. The van der Waals surface area contributed by atoms with E-state index in [2.05, 4.69) is 147 Å². The molecule has 0 unspecified atom stereocenters. The van der Waals surface area contributed by atoms with Crippen LogP contribution in [0.1, 0.15) is 22.3 Å². The maximum absolute atomic E-state index is 2.65. The molecule has 0 saturated carbocycles. The van der Waals surface area contributed by atoms with Crippen molar-refractivity contribution in [1.82, 2.24) is 0 Å². The fourth-order valence-electron chi connectivity index (χ4n) is 4.69. The minimum absolute atomic E-state index is 1.31. The second-order valence-corrected chi connectivity index (χ2v) is 26.5. The fourth-order valence-corrected chi connectivity index (χ4v) is 17.9. The normalized spacial score (nSPS) is 15.4. The van der Waals surface area contributed by atoms with Crippen LogP contribution in [0.2, 0.25) is 5.76 Å². The number of hydrogen-bond donors (Lipinski definition) is 0. The van der Waals surface area contributed by atoms with Gasteiger partial charge in [-0.3, -0.25) is 0 Å². The Kier molecular flexibility index (Phi) is 5.72. The summed E-state index contributed by atoms with van der Waals surface area (Å²) < 4.78 is 3.16. The molecule has 0 aromatic heterocycles. The summed E-state index contributed by atoms with van der Waals surface area (Å²) in [6.07, 6.45) is 0. The van der Waals surface area contributed by atoms with E-state index in [1.54, 1.807) is 8.81 Å². The molecule has 150 valence electrons. The minimum atomic E-state index is -2.65. The predicted molar refractivity (Wildman–Crippen MR) is 132 cm³/mol. The van der Waals surface area contributed by atoms with Crippen LogP contribution >= 0.6 is 0 Å². The van der Waals surface area contributed by atoms with Gasteiger partial charge in [0.1, 0.15) is 0 Å². The van der Waals surface area contributed by atoms with Crippen LogP contribution in [0.15, 0.2) is 121 Å². The van der Waals surface area contributed by atoms with Gasteiger partial charge in [-0.2, -0.15) is 0 Å². The van der Waals surface area contributed by atoms with Crippen LogP contribution in [-0.4, -0.2) is 9.96 Å². The summed E-state index contributed by atoms with van der Waals surface area (Å²) in [6.45, 7) is 0. The third-order valence-electron chi connectivity index (χ3n) is 5.95. The van der Waals surface area contributed by atoms with Crippen molar-refractivity contribution in [1.29, 1.82) is 0 Å². The number of benzene rings is 4. The Labute approximate surface area is 198 Å². The van der Waals surface area contributed by atoms with E-state index >= 15 is 0 Å². The van der Waals surface area contributed by atoms with Gasteiger partial charge in [-0.1, -0.05) is 0 Å². The van der Waals surface area contributed by atoms with Gasteiger partial charge in [0.05, 0.1) is 0 Å². The van der Waals surface area contributed by atoms with Crippen LogP contribution in [-0.2, 0) is 0 Å². The molecular weight excluding hydrogens is 548 g/mol. The quantitative estimate of drug-likeness (QED) is 0.255. The molecule has 1 heterocycles. The van der Waals surface area contributed by atoms with Crippen molar-refractivity contribution in [3.63, 3.8) is 0 Å². The zero-order chi connectivity index (χ0) is 21.3. The maximum atomic E-state index is 2.56. The van der Waals surface area contributed by atoms with Crippen molar-refractivity contribution in [2.45, 2.75) is 5.76 Å². The molecule has 5 rings (SSSR count). The SMILES string of the molecule is [CH3][Ge]1([IH+])[C](c2ccccc2)=C(c2ccccc2)C(c2ccccc2)=[C]1c1ccccc1. The number of halogens is 1. The number of allylic oxidation sites excluding steroid dienone is 2. The van der Waals surface area contributed by atoms with Gasteiger partial charge in [-0.05, 0) is 0 Å². The van der Waals surface area contributed by atoms with Gasteiger partial charge >= 0.3 is 199 Å². The number of rotatable bonds is 4. The Morgan fingerprint density at radius 3 is 0.968 bits per heavy atom. The van der Waals surface area contributed by atoms with Gasteiger partial charge in [0.15, 0.2) is 0 Å². The second kappa shape index (κ2) is 8.64. The van der Waals surface area contributed by atoms with E-state index in [1.165, 1.54) is 33.4 Å². The van der Waals surface area contributed by atoms with Gasteiger partial charge in [0.2, 0.25) is 0 Å². The van der Waals surface area contributed by atoms with Crippen molar-refractivity contribution in [3.8, 4) is 0 Å². The Hall–Kier alpha value is -2.37. The first-order valence-corrected chi connectivity index (χ1v) is 21.7. The second-order valence-electron chi connectivity index (χ2n) is 8.00. The first-order chi connectivity index (χ1) is 15.2. The molecule has 0 N–H and O–H groups in total. The van der Waals surface area contributed by atoms with Gasteiger partial charge < -0.3 is 0 Å². The van der Waals surface area contributed by atoms with E-state index in [-0.39, 0.29) is 0 Å². The molecule has 4 aromatic rings. The summed E-state index contributed by atoms with van der Waals surface area (Å²) in [5, 5.41) is 0. The molecular formula is C29H24GeI+. The molecule has 31 heavy (non-hydrogen) atoms. The van der Waals surface area contributed by atoms with E-state index in [0.717, 1.165) is 0 Å². The van der Waals surface area contributed by atoms with E-state index in [1.807, 2.05) is 0 Å². The zero-order valence-electron chi connectivity index (χ0n) is 17.5. The molecule has 0 aliphatic carbocycles. The molecule has 0 nitrogen and oxygen atoms in total. The molecule has 4 aromatic carbocycles. The molecule has 1 aliphatic rings. The number of hydrogen-bond acceptors (Lipinski definition) is 0. The topological polar surface area (TPSA) is 0 Å². The van der Waals surface area contributed by atoms with Crippen LogP contribution in [0.3, 0.4) is 0 Å². The standard InChI is InChI=1S/C29H24GeI/c1-30(31)28(24-18-10-4-11-19-24)26(22-14-6-2-7-15-22)27(23-16-8-3-9-17-23)29(30)25-20-12-5-13-21-25/h2-21,31H,1H3/q+1. The molecule has 2 heteroatoms. The van der Waals surface area contributed by atoms with E-state index in [0.29, 0.717) is 0 Å². The monoisotopic (exact) mass is 573 g/mol. The van der Waals surface area contributed by atoms with Gasteiger partial charge in [0.25, 0.3) is 0 Å². The summed E-state index contributed by atoms with van der Waals surface area (Å²) in [4.78, 5) is 0. The van der Waals surface area contributed by atoms with Crippen molar-refractivity contribution in [3.05, 3.63) is 144 Å². The van der Waals surface area contributed by atoms with Gasteiger partial charge in [-0.25, -0.2) is 0 Å². The Morgan fingerprint density at radius 1 is 0.419 bits per heavy atom.